The zero-order valence-corrected chi connectivity index (χ0v) is 12.9. The van der Waals surface area contributed by atoms with Crippen LogP contribution in [0, 0.1) is 0 Å². The summed E-state index contributed by atoms with van der Waals surface area (Å²) in [5.74, 6) is 2.18. The first-order valence-corrected chi connectivity index (χ1v) is 6.63. The molecule has 112 valence electrons. The summed E-state index contributed by atoms with van der Waals surface area (Å²) in [6.07, 6.45) is 0. The summed E-state index contributed by atoms with van der Waals surface area (Å²) in [4.78, 5) is 9.92. The third kappa shape index (κ3) is 3.66. The lowest BCUT2D eigenvalue weighted by Gasteiger charge is -2.19. The van der Waals surface area contributed by atoms with Crippen LogP contribution in [0.25, 0.3) is 0 Å². The SMILES string of the molecule is COc1ccc(CN(C)c2cc(Cl)nc(N)n2)cc1OC. The molecular weight excluding hydrogens is 292 g/mol. The number of hydrogen-bond donors (Lipinski definition) is 1. The van der Waals surface area contributed by atoms with Gasteiger partial charge in [0.05, 0.1) is 14.2 Å². The van der Waals surface area contributed by atoms with Crippen LogP contribution in [0.1, 0.15) is 5.56 Å². The van der Waals surface area contributed by atoms with E-state index in [0.717, 1.165) is 5.56 Å². The number of ether oxygens (including phenoxy) is 2. The molecule has 0 unspecified atom stereocenters. The zero-order chi connectivity index (χ0) is 15.4. The highest BCUT2D eigenvalue weighted by atomic mass is 35.5. The second-order valence-electron chi connectivity index (χ2n) is 4.45. The molecule has 1 aromatic heterocycles. The van der Waals surface area contributed by atoms with Crippen molar-refractivity contribution >= 4 is 23.4 Å². The van der Waals surface area contributed by atoms with Gasteiger partial charge in [-0.25, -0.2) is 4.98 Å². The lowest BCUT2D eigenvalue weighted by atomic mass is 10.2. The summed E-state index contributed by atoms with van der Waals surface area (Å²) in [5.41, 5.74) is 6.65. The molecule has 0 aliphatic carbocycles. The zero-order valence-electron chi connectivity index (χ0n) is 12.1. The molecule has 0 bridgehead atoms. The second-order valence-corrected chi connectivity index (χ2v) is 4.84. The monoisotopic (exact) mass is 308 g/mol. The van der Waals surface area contributed by atoms with Crippen molar-refractivity contribution in [1.82, 2.24) is 9.97 Å². The highest BCUT2D eigenvalue weighted by molar-refractivity contribution is 6.29. The number of hydrogen-bond acceptors (Lipinski definition) is 6. The number of methoxy groups -OCH3 is 2. The number of aromatic nitrogens is 2. The van der Waals surface area contributed by atoms with E-state index in [1.807, 2.05) is 30.1 Å². The summed E-state index contributed by atoms with van der Waals surface area (Å²) in [6, 6.07) is 7.41. The van der Waals surface area contributed by atoms with Gasteiger partial charge in [-0.1, -0.05) is 17.7 Å². The first-order chi connectivity index (χ1) is 10.0. The topological polar surface area (TPSA) is 73.5 Å². The van der Waals surface area contributed by atoms with Gasteiger partial charge in [-0.2, -0.15) is 4.98 Å². The fourth-order valence-corrected chi connectivity index (χ4v) is 2.14. The van der Waals surface area contributed by atoms with Crippen molar-refractivity contribution in [2.75, 3.05) is 31.9 Å². The average Bonchev–Trinajstić information content (AvgIpc) is 2.46. The van der Waals surface area contributed by atoms with E-state index in [4.69, 9.17) is 26.8 Å². The van der Waals surface area contributed by atoms with Crippen LogP contribution < -0.4 is 20.1 Å². The molecule has 2 N–H and O–H groups in total. The van der Waals surface area contributed by atoms with Crippen molar-refractivity contribution in [3.8, 4) is 11.5 Å². The Morgan fingerprint density at radius 1 is 1.14 bits per heavy atom. The van der Waals surface area contributed by atoms with E-state index in [9.17, 15) is 0 Å². The maximum absolute atomic E-state index is 5.89. The lowest BCUT2D eigenvalue weighted by Crippen LogP contribution is -2.18. The molecule has 0 aliphatic rings. The van der Waals surface area contributed by atoms with Gasteiger partial charge >= 0.3 is 0 Å². The minimum absolute atomic E-state index is 0.150. The number of nitrogens with two attached hydrogens (primary N) is 1. The van der Waals surface area contributed by atoms with Gasteiger partial charge in [-0.3, -0.25) is 0 Å². The maximum atomic E-state index is 5.89. The molecule has 0 fully saturated rings. The molecule has 0 saturated carbocycles. The van der Waals surface area contributed by atoms with E-state index < -0.39 is 0 Å². The summed E-state index contributed by atoms with van der Waals surface area (Å²) in [6.45, 7) is 0.618. The molecule has 21 heavy (non-hydrogen) atoms. The Hall–Kier alpha value is -2.21. The third-order valence-corrected chi connectivity index (χ3v) is 3.15. The molecule has 0 amide bonds. The standard InChI is InChI=1S/C14H17ClN4O2/c1-19(13-7-12(15)17-14(16)18-13)8-9-4-5-10(20-2)11(6-9)21-3/h4-7H,8H2,1-3H3,(H2,16,17,18). The van der Waals surface area contributed by atoms with Gasteiger partial charge in [0, 0.05) is 19.7 Å². The minimum Gasteiger partial charge on any atom is -0.493 e. The molecule has 0 atom stereocenters. The normalized spacial score (nSPS) is 10.3. The van der Waals surface area contributed by atoms with Gasteiger partial charge in [0.1, 0.15) is 11.0 Å². The van der Waals surface area contributed by atoms with Gasteiger partial charge < -0.3 is 20.1 Å². The van der Waals surface area contributed by atoms with E-state index in [2.05, 4.69) is 9.97 Å². The van der Waals surface area contributed by atoms with E-state index >= 15 is 0 Å². The van der Waals surface area contributed by atoms with Crippen LogP contribution in [0.2, 0.25) is 5.15 Å². The molecular formula is C14H17ClN4O2. The Balaban J connectivity index is 2.20. The molecule has 0 spiro atoms. The molecule has 2 aromatic rings. The number of nitrogens with zero attached hydrogens (tertiary/aromatic N) is 3. The summed E-state index contributed by atoms with van der Waals surface area (Å²) < 4.78 is 10.5. The van der Waals surface area contributed by atoms with E-state index in [0.29, 0.717) is 29.0 Å². The van der Waals surface area contributed by atoms with Gasteiger partial charge in [0.15, 0.2) is 11.5 Å². The number of halogens is 1. The predicted molar refractivity (Wildman–Crippen MR) is 83.1 cm³/mol. The Kier molecular flexibility index (Phi) is 4.70. The lowest BCUT2D eigenvalue weighted by molar-refractivity contribution is 0.354. The summed E-state index contributed by atoms with van der Waals surface area (Å²) in [7, 11) is 5.11. The quantitative estimate of drug-likeness (QED) is 0.855. The van der Waals surface area contributed by atoms with Crippen LogP contribution in [0.3, 0.4) is 0 Å². The fourth-order valence-electron chi connectivity index (χ4n) is 1.95. The van der Waals surface area contributed by atoms with E-state index in [-0.39, 0.29) is 5.95 Å². The highest BCUT2D eigenvalue weighted by Crippen LogP contribution is 2.28. The van der Waals surface area contributed by atoms with Gasteiger partial charge in [0.25, 0.3) is 0 Å². The summed E-state index contributed by atoms with van der Waals surface area (Å²) >= 11 is 5.89. The molecule has 0 aliphatic heterocycles. The van der Waals surface area contributed by atoms with E-state index in [1.54, 1.807) is 20.3 Å². The van der Waals surface area contributed by atoms with Crippen molar-refractivity contribution < 1.29 is 9.47 Å². The number of benzene rings is 1. The molecule has 1 heterocycles. The van der Waals surface area contributed by atoms with Crippen LogP contribution in [0.4, 0.5) is 11.8 Å². The minimum atomic E-state index is 0.150. The fraction of sp³-hybridized carbons (Fsp3) is 0.286. The van der Waals surface area contributed by atoms with Crippen molar-refractivity contribution in [3.05, 3.63) is 35.0 Å². The largest absolute Gasteiger partial charge is 0.493 e. The molecule has 2 rings (SSSR count). The molecule has 0 saturated heterocycles. The summed E-state index contributed by atoms with van der Waals surface area (Å²) in [5, 5.41) is 0.316. The molecule has 7 heteroatoms. The van der Waals surface area contributed by atoms with Crippen LogP contribution in [-0.4, -0.2) is 31.2 Å². The first-order valence-electron chi connectivity index (χ1n) is 6.25. The van der Waals surface area contributed by atoms with Crippen molar-refractivity contribution in [3.63, 3.8) is 0 Å². The van der Waals surface area contributed by atoms with Crippen molar-refractivity contribution in [2.24, 2.45) is 0 Å². The number of nitrogen functional groups attached to an aromatic ring is 1. The Morgan fingerprint density at radius 2 is 1.86 bits per heavy atom. The number of rotatable bonds is 5. The van der Waals surface area contributed by atoms with Gasteiger partial charge in [0.2, 0.25) is 5.95 Å². The van der Waals surface area contributed by atoms with Crippen LogP contribution >= 0.6 is 11.6 Å². The Morgan fingerprint density at radius 3 is 2.48 bits per heavy atom. The molecule has 6 nitrogen and oxygen atoms in total. The molecule has 1 aromatic carbocycles. The second kappa shape index (κ2) is 6.49. The van der Waals surface area contributed by atoms with Gasteiger partial charge in [-0.05, 0) is 17.7 Å². The first kappa shape index (κ1) is 15.2. The smallest absolute Gasteiger partial charge is 0.223 e. The van der Waals surface area contributed by atoms with Crippen LogP contribution in [0.15, 0.2) is 24.3 Å². The number of anilines is 2. The Labute approximate surface area is 128 Å². The van der Waals surface area contributed by atoms with Crippen LogP contribution in [-0.2, 0) is 6.54 Å². The highest BCUT2D eigenvalue weighted by Gasteiger charge is 2.09. The van der Waals surface area contributed by atoms with Crippen molar-refractivity contribution in [1.29, 1.82) is 0 Å². The molecule has 0 radical (unpaired) electrons. The van der Waals surface area contributed by atoms with Gasteiger partial charge in [-0.15, -0.1) is 0 Å². The maximum Gasteiger partial charge on any atom is 0.223 e. The Bertz CT molecular complexity index is 616. The van der Waals surface area contributed by atoms with Crippen LogP contribution in [0.5, 0.6) is 11.5 Å². The predicted octanol–water partition coefficient (Wildman–Crippen LogP) is 2.37. The average molecular weight is 309 g/mol. The van der Waals surface area contributed by atoms with E-state index in [1.165, 1.54) is 0 Å². The van der Waals surface area contributed by atoms with Crippen molar-refractivity contribution in [2.45, 2.75) is 6.54 Å². The third-order valence-electron chi connectivity index (χ3n) is 2.96.